The number of halogens is 2. The Labute approximate surface area is 160 Å². The first-order valence-electron chi connectivity index (χ1n) is 8.86. The fourth-order valence-electron chi connectivity index (χ4n) is 3.87. The summed E-state index contributed by atoms with van der Waals surface area (Å²) in [6.45, 7) is 0.823. The molecule has 5 nitrogen and oxygen atoms in total. The Morgan fingerprint density at radius 1 is 1.21 bits per heavy atom. The van der Waals surface area contributed by atoms with E-state index in [2.05, 4.69) is 16.4 Å². The molecule has 5 rings (SSSR count). The highest BCUT2D eigenvalue weighted by Crippen LogP contribution is 2.51. The van der Waals surface area contributed by atoms with Crippen molar-refractivity contribution in [3.63, 3.8) is 0 Å². The van der Waals surface area contributed by atoms with E-state index in [9.17, 15) is 8.78 Å². The molecule has 1 radical (unpaired) electrons. The number of fused-ring (bicyclic) bond motifs is 4. The molecule has 0 saturated carbocycles. The molecule has 2 unspecified atom stereocenters. The molecule has 28 heavy (non-hydrogen) atoms. The maximum absolute atomic E-state index is 14.5. The second-order valence-electron chi connectivity index (χ2n) is 6.82. The first kappa shape index (κ1) is 17.2. The highest BCUT2D eigenvalue weighted by molar-refractivity contribution is 5.68. The summed E-state index contributed by atoms with van der Waals surface area (Å²) in [5.74, 6) is -0.593. The van der Waals surface area contributed by atoms with Gasteiger partial charge in [0.05, 0.1) is 0 Å². The van der Waals surface area contributed by atoms with Crippen LogP contribution in [0.1, 0.15) is 11.1 Å². The third-order valence-corrected chi connectivity index (χ3v) is 5.10. The van der Waals surface area contributed by atoms with E-state index >= 15 is 0 Å². The highest BCUT2D eigenvalue weighted by atomic mass is 19.1. The van der Waals surface area contributed by atoms with Crippen LogP contribution in [0.4, 0.5) is 8.78 Å². The van der Waals surface area contributed by atoms with Crippen LogP contribution in [0, 0.1) is 17.8 Å². The second-order valence-corrected chi connectivity index (χ2v) is 6.82. The summed E-state index contributed by atoms with van der Waals surface area (Å²) in [5, 5.41) is 3.24. The second kappa shape index (κ2) is 6.34. The number of pyridine rings is 1. The number of aromatic nitrogens is 1. The van der Waals surface area contributed by atoms with Gasteiger partial charge >= 0.3 is 0 Å². The first-order valence-corrected chi connectivity index (χ1v) is 8.86. The molecule has 0 amide bonds. The lowest BCUT2D eigenvalue weighted by molar-refractivity contribution is -0.0973. The number of nitrogens with one attached hydrogen (secondary N) is 1. The van der Waals surface area contributed by atoms with Gasteiger partial charge in [0, 0.05) is 36.0 Å². The Bertz CT molecular complexity index is 1080. The number of rotatable bonds is 1. The fraction of sp³-hybridized carbons (Fsp3) is 0.190. The quantitative estimate of drug-likeness (QED) is 0.635. The smallest absolute Gasteiger partial charge is 0.220 e. The zero-order chi connectivity index (χ0) is 19.3. The average Bonchev–Trinajstić information content (AvgIpc) is 2.70. The summed E-state index contributed by atoms with van der Waals surface area (Å²) < 4.78 is 40.7. The van der Waals surface area contributed by atoms with Crippen LogP contribution in [0.15, 0.2) is 48.7 Å². The van der Waals surface area contributed by atoms with Gasteiger partial charge < -0.3 is 20.5 Å². The van der Waals surface area contributed by atoms with E-state index in [1.165, 1.54) is 12.3 Å². The van der Waals surface area contributed by atoms with Crippen molar-refractivity contribution in [2.24, 2.45) is 5.73 Å². The molecule has 2 atom stereocenters. The van der Waals surface area contributed by atoms with E-state index in [-0.39, 0.29) is 5.75 Å². The van der Waals surface area contributed by atoms with Gasteiger partial charge in [-0.2, -0.15) is 4.39 Å². The van der Waals surface area contributed by atoms with Crippen molar-refractivity contribution >= 4 is 0 Å². The van der Waals surface area contributed by atoms with E-state index < -0.39 is 23.6 Å². The predicted octanol–water partition coefficient (Wildman–Crippen LogP) is 3.08. The molecule has 3 heterocycles. The van der Waals surface area contributed by atoms with Crippen molar-refractivity contribution in [2.45, 2.75) is 11.8 Å². The molecule has 0 bridgehead atoms. The van der Waals surface area contributed by atoms with Crippen LogP contribution in [0.5, 0.6) is 11.5 Å². The summed E-state index contributed by atoms with van der Waals surface area (Å²) in [6.07, 6.45) is 0.791. The van der Waals surface area contributed by atoms with Gasteiger partial charge in [-0.05, 0) is 48.0 Å². The van der Waals surface area contributed by atoms with Crippen LogP contribution in [0.25, 0.3) is 11.1 Å². The number of morpholine rings is 1. The molecular weight excluding hydrogens is 364 g/mol. The Hall–Kier alpha value is -2.87. The van der Waals surface area contributed by atoms with Gasteiger partial charge in [-0.25, -0.2) is 9.37 Å². The van der Waals surface area contributed by atoms with Crippen LogP contribution < -0.4 is 15.8 Å². The molecule has 2 aliphatic heterocycles. The topological polar surface area (TPSA) is 69.4 Å². The minimum absolute atomic E-state index is 0.0856. The van der Waals surface area contributed by atoms with Crippen LogP contribution in [0.2, 0.25) is 0 Å². The van der Waals surface area contributed by atoms with E-state index in [0.717, 1.165) is 0 Å². The average molecular weight is 380 g/mol. The van der Waals surface area contributed by atoms with Gasteiger partial charge in [0.25, 0.3) is 0 Å². The molecule has 0 aliphatic carbocycles. The van der Waals surface area contributed by atoms with Crippen LogP contribution >= 0.6 is 0 Å². The third-order valence-electron chi connectivity index (χ3n) is 5.10. The third kappa shape index (κ3) is 2.51. The van der Waals surface area contributed by atoms with Gasteiger partial charge in [-0.1, -0.05) is 6.07 Å². The standard InChI is InChI=1S/C21H16F2N3O2/c22-16-5-1-4-14-19(16)27-17-7-6-12(13-3-2-8-26-20(13)23)9-15(17)21(14)11-25-10-18(24)28-21/h2-9,18,25H,10-11,24H2. The predicted molar refractivity (Wildman–Crippen MR) is 97.7 cm³/mol. The molecule has 1 fully saturated rings. The molecule has 1 aromatic heterocycles. The van der Waals surface area contributed by atoms with Crippen molar-refractivity contribution in [3.8, 4) is 22.6 Å². The number of nitrogens with zero attached hydrogens (tertiary/aromatic N) is 1. The van der Waals surface area contributed by atoms with Gasteiger partial charge in [0.2, 0.25) is 5.95 Å². The molecular formula is C21H16F2N3O2. The summed E-state index contributed by atoms with van der Waals surface area (Å²) >= 11 is 0. The number of nitrogens with two attached hydrogens (primary N) is 1. The maximum Gasteiger partial charge on any atom is 0.220 e. The lowest BCUT2D eigenvalue weighted by atomic mass is 9.81. The molecule has 1 spiro atoms. The molecule has 141 valence electrons. The molecule has 3 aromatic rings. The normalized spacial score (nSPS) is 23.0. The van der Waals surface area contributed by atoms with Crippen molar-refractivity contribution in [1.82, 2.24) is 10.3 Å². The van der Waals surface area contributed by atoms with Crippen molar-refractivity contribution < 1.29 is 18.3 Å². The number of benzene rings is 2. The lowest BCUT2D eigenvalue weighted by Gasteiger charge is -2.44. The van der Waals surface area contributed by atoms with Gasteiger partial charge in [-0.3, -0.25) is 0 Å². The SMILES string of the molecule is NC1CNCC2(O1)c1cc(-c3cccnc3F)ccc1Oc1c(F)c[c]cc12. The monoisotopic (exact) mass is 380 g/mol. The number of ether oxygens (including phenoxy) is 2. The van der Waals surface area contributed by atoms with Crippen LogP contribution in [-0.4, -0.2) is 24.3 Å². The summed E-state index contributed by atoms with van der Waals surface area (Å²) in [7, 11) is 0. The van der Waals surface area contributed by atoms with Crippen LogP contribution in [-0.2, 0) is 10.3 Å². The van der Waals surface area contributed by atoms with E-state index in [0.29, 0.717) is 41.1 Å². The zero-order valence-corrected chi connectivity index (χ0v) is 14.7. The number of hydrogen-bond donors (Lipinski definition) is 2. The van der Waals surface area contributed by atoms with Gasteiger partial charge in [0.1, 0.15) is 17.6 Å². The molecule has 3 N–H and O–H groups in total. The number of hydrogen-bond acceptors (Lipinski definition) is 5. The summed E-state index contributed by atoms with van der Waals surface area (Å²) in [5.41, 5.74) is 7.09. The van der Waals surface area contributed by atoms with Crippen molar-refractivity contribution in [3.05, 3.63) is 77.6 Å². The maximum atomic E-state index is 14.5. The summed E-state index contributed by atoms with van der Waals surface area (Å²) in [6, 6.07) is 14.1. The minimum atomic E-state index is -1.08. The zero-order valence-electron chi connectivity index (χ0n) is 14.7. The minimum Gasteiger partial charge on any atom is -0.453 e. The molecule has 2 aliphatic rings. The van der Waals surface area contributed by atoms with Crippen molar-refractivity contribution in [2.75, 3.05) is 13.1 Å². The van der Waals surface area contributed by atoms with Gasteiger partial charge in [-0.15, -0.1) is 0 Å². The largest absolute Gasteiger partial charge is 0.453 e. The Balaban J connectivity index is 1.74. The molecule has 1 saturated heterocycles. The fourth-order valence-corrected chi connectivity index (χ4v) is 3.87. The van der Waals surface area contributed by atoms with Gasteiger partial charge in [0.15, 0.2) is 11.6 Å². The first-order chi connectivity index (χ1) is 13.6. The Morgan fingerprint density at radius 3 is 2.93 bits per heavy atom. The lowest BCUT2D eigenvalue weighted by Crippen LogP contribution is -2.56. The Morgan fingerprint density at radius 2 is 2.11 bits per heavy atom. The Kier molecular flexibility index (Phi) is 3.90. The van der Waals surface area contributed by atoms with E-state index in [4.69, 9.17) is 15.2 Å². The summed E-state index contributed by atoms with van der Waals surface area (Å²) in [4.78, 5) is 3.72. The molecule has 7 heteroatoms. The molecule has 2 aromatic carbocycles. The van der Waals surface area contributed by atoms with E-state index in [1.54, 1.807) is 36.4 Å². The van der Waals surface area contributed by atoms with E-state index in [1.807, 2.05) is 0 Å². The van der Waals surface area contributed by atoms with Crippen LogP contribution in [0.3, 0.4) is 0 Å². The van der Waals surface area contributed by atoms with Crippen molar-refractivity contribution in [1.29, 1.82) is 0 Å². The highest BCUT2D eigenvalue weighted by Gasteiger charge is 2.47.